The number of carbonyl (C=O) groups excluding carboxylic acids is 1. The molecule has 20 heavy (non-hydrogen) atoms. The fourth-order valence-corrected chi connectivity index (χ4v) is 2.00. The molecule has 2 N–H and O–H groups in total. The Morgan fingerprint density at radius 3 is 2.50 bits per heavy atom. The Kier molecular flexibility index (Phi) is 5.55. The minimum absolute atomic E-state index is 0.143. The van der Waals surface area contributed by atoms with Gasteiger partial charge < -0.3 is 15.3 Å². The number of aromatic carboxylic acids is 1. The normalized spacial score (nSPS) is 11.8. The molecule has 0 heterocycles. The number of nitrogens with zero attached hydrogens (tertiary/aromatic N) is 1. The molecule has 2 amide bonds. The summed E-state index contributed by atoms with van der Waals surface area (Å²) >= 11 is 0. The second kappa shape index (κ2) is 6.93. The van der Waals surface area contributed by atoms with E-state index in [-0.39, 0.29) is 17.6 Å². The molecular formula is C15H22N2O3. The number of rotatable bonds is 5. The number of carbonyl (C=O) groups is 2. The summed E-state index contributed by atoms with van der Waals surface area (Å²) in [5, 5.41) is 11.8. The van der Waals surface area contributed by atoms with E-state index in [0.717, 1.165) is 6.42 Å². The summed E-state index contributed by atoms with van der Waals surface area (Å²) in [5.74, 6) is -0.993. The van der Waals surface area contributed by atoms with E-state index >= 15 is 0 Å². The van der Waals surface area contributed by atoms with E-state index in [1.807, 2.05) is 20.8 Å². The van der Waals surface area contributed by atoms with E-state index < -0.39 is 5.97 Å². The summed E-state index contributed by atoms with van der Waals surface area (Å²) in [6.07, 6.45) is 0.871. The average Bonchev–Trinajstić information content (AvgIpc) is 2.41. The summed E-state index contributed by atoms with van der Waals surface area (Å²) < 4.78 is 0. The first-order valence-electron chi connectivity index (χ1n) is 6.82. The third kappa shape index (κ3) is 3.73. The van der Waals surface area contributed by atoms with Crippen molar-refractivity contribution in [3.05, 3.63) is 29.3 Å². The predicted molar refractivity (Wildman–Crippen MR) is 79.3 cm³/mol. The van der Waals surface area contributed by atoms with Gasteiger partial charge in [-0.15, -0.1) is 0 Å². The molecule has 1 atom stereocenters. The third-order valence-corrected chi connectivity index (χ3v) is 3.44. The highest BCUT2D eigenvalue weighted by Crippen LogP contribution is 2.16. The highest BCUT2D eigenvalue weighted by Gasteiger charge is 2.17. The molecule has 0 bridgehead atoms. The molecule has 0 fully saturated rings. The predicted octanol–water partition coefficient (Wildman–Crippen LogP) is 3.35. The molecule has 110 valence electrons. The number of hydrogen-bond acceptors (Lipinski definition) is 2. The van der Waals surface area contributed by atoms with Gasteiger partial charge in [0.2, 0.25) is 0 Å². The summed E-state index contributed by atoms with van der Waals surface area (Å²) in [5.41, 5.74) is 1.37. The van der Waals surface area contributed by atoms with Crippen molar-refractivity contribution in [3.63, 3.8) is 0 Å². The van der Waals surface area contributed by atoms with E-state index in [0.29, 0.717) is 17.8 Å². The Morgan fingerprint density at radius 2 is 2.00 bits per heavy atom. The number of anilines is 1. The van der Waals surface area contributed by atoms with Gasteiger partial charge in [0.15, 0.2) is 0 Å². The second-order valence-electron chi connectivity index (χ2n) is 4.81. The van der Waals surface area contributed by atoms with Crippen molar-refractivity contribution in [2.45, 2.75) is 40.2 Å². The minimum Gasteiger partial charge on any atom is -0.478 e. The summed E-state index contributed by atoms with van der Waals surface area (Å²) in [6.45, 7) is 8.27. The van der Waals surface area contributed by atoms with Crippen molar-refractivity contribution in [2.24, 2.45) is 0 Å². The number of benzene rings is 1. The number of carboxylic acid groups (broad SMARTS) is 1. The summed E-state index contributed by atoms with van der Waals surface area (Å²) in [7, 11) is 0. The van der Waals surface area contributed by atoms with Crippen LogP contribution in [0.5, 0.6) is 0 Å². The molecule has 5 nitrogen and oxygen atoms in total. The molecule has 0 spiro atoms. The standard InChI is InChI=1S/C15H22N2O3/c1-5-11(4)17(6-2)15(20)16-12-8-7-10(3)13(9-12)14(18)19/h7-9,11H,5-6H2,1-4H3,(H,16,20)(H,18,19). The van der Waals surface area contributed by atoms with Gasteiger partial charge in [-0.3, -0.25) is 0 Å². The lowest BCUT2D eigenvalue weighted by Crippen LogP contribution is -2.41. The lowest BCUT2D eigenvalue weighted by molar-refractivity contribution is 0.0696. The number of urea groups is 1. The first-order chi connectivity index (χ1) is 9.40. The van der Waals surface area contributed by atoms with Crippen molar-refractivity contribution in [3.8, 4) is 0 Å². The number of amides is 2. The Balaban J connectivity index is 2.90. The van der Waals surface area contributed by atoms with Crippen LogP contribution in [-0.4, -0.2) is 34.6 Å². The maximum absolute atomic E-state index is 12.2. The second-order valence-corrected chi connectivity index (χ2v) is 4.81. The van der Waals surface area contributed by atoms with Gasteiger partial charge in [0, 0.05) is 18.3 Å². The number of aryl methyl sites for hydroxylation is 1. The van der Waals surface area contributed by atoms with E-state index in [2.05, 4.69) is 5.32 Å². The molecule has 1 aromatic carbocycles. The molecule has 0 aliphatic rings. The fraction of sp³-hybridized carbons (Fsp3) is 0.467. The SMILES string of the molecule is CCC(C)N(CC)C(=O)Nc1ccc(C)c(C(=O)O)c1. The van der Waals surface area contributed by atoms with Crippen LogP contribution in [0.1, 0.15) is 43.1 Å². The van der Waals surface area contributed by atoms with Gasteiger partial charge in [0.25, 0.3) is 0 Å². The third-order valence-electron chi connectivity index (χ3n) is 3.44. The fourth-order valence-electron chi connectivity index (χ4n) is 2.00. The van der Waals surface area contributed by atoms with Gasteiger partial charge in [-0.2, -0.15) is 0 Å². The van der Waals surface area contributed by atoms with Crippen LogP contribution in [0.25, 0.3) is 0 Å². The van der Waals surface area contributed by atoms with Crippen LogP contribution < -0.4 is 5.32 Å². The maximum Gasteiger partial charge on any atom is 0.336 e. The first-order valence-corrected chi connectivity index (χ1v) is 6.82. The summed E-state index contributed by atoms with van der Waals surface area (Å²) in [4.78, 5) is 25.0. The minimum atomic E-state index is -0.993. The van der Waals surface area contributed by atoms with E-state index in [1.165, 1.54) is 6.07 Å². The van der Waals surface area contributed by atoms with Gasteiger partial charge in [-0.25, -0.2) is 9.59 Å². The largest absolute Gasteiger partial charge is 0.478 e. The van der Waals surface area contributed by atoms with E-state index in [9.17, 15) is 9.59 Å². The number of nitrogens with one attached hydrogen (secondary N) is 1. The number of carboxylic acids is 1. The summed E-state index contributed by atoms with van der Waals surface area (Å²) in [6, 6.07) is 4.83. The molecule has 5 heteroatoms. The van der Waals surface area contributed by atoms with Gasteiger partial charge >= 0.3 is 12.0 Å². The highest BCUT2D eigenvalue weighted by atomic mass is 16.4. The van der Waals surface area contributed by atoms with Crippen molar-refractivity contribution in [1.82, 2.24) is 4.90 Å². The van der Waals surface area contributed by atoms with Crippen LogP contribution in [0.3, 0.4) is 0 Å². The average molecular weight is 278 g/mol. The lowest BCUT2D eigenvalue weighted by atomic mass is 10.1. The zero-order valence-electron chi connectivity index (χ0n) is 12.4. The van der Waals surface area contributed by atoms with Crippen molar-refractivity contribution in [2.75, 3.05) is 11.9 Å². The molecule has 1 rings (SSSR count). The van der Waals surface area contributed by atoms with Crippen LogP contribution in [0, 0.1) is 6.92 Å². The van der Waals surface area contributed by atoms with Gasteiger partial charge in [0.05, 0.1) is 5.56 Å². The molecule has 0 aliphatic carbocycles. The zero-order chi connectivity index (χ0) is 15.3. The molecule has 0 aliphatic heterocycles. The van der Waals surface area contributed by atoms with Crippen LogP contribution in [0.2, 0.25) is 0 Å². The number of hydrogen-bond donors (Lipinski definition) is 2. The van der Waals surface area contributed by atoms with E-state index in [4.69, 9.17) is 5.11 Å². The Bertz CT molecular complexity index is 500. The van der Waals surface area contributed by atoms with Crippen LogP contribution in [0.15, 0.2) is 18.2 Å². The quantitative estimate of drug-likeness (QED) is 0.867. The molecule has 1 unspecified atom stereocenters. The molecule has 0 saturated heterocycles. The van der Waals surface area contributed by atoms with E-state index in [1.54, 1.807) is 24.0 Å². The van der Waals surface area contributed by atoms with Gasteiger partial charge in [-0.05, 0) is 44.9 Å². The Labute approximate surface area is 119 Å². The molecule has 0 saturated carbocycles. The lowest BCUT2D eigenvalue weighted by Gasteiger charge is -2.27. The van der Waals surface area contributed by atoms with Crippen LogP contribution in [-0.2, 0) is 0 Å². The first kappa shape index (κ1) is 16.0. The van der Waals surface area contributed by atoms with Gasteiger partial charge in [-0.1, -0.05) is 13.0 Å². The maximum atomic E-state index is 12.2. The topological polar surface area (TPSA) is 69.6 Å². The van der Waals surface area contributed by atoms with Crippen molar-refractivity contribution < 1.29 is 14.7 Å². The molecule has 0 radical (unpaired) electrons. The van der Waals surface area contributed by atoms with Gasteiger partial charge in [0.1, 0.15) is 0 Å². The van der Waals surface area contributed by atoms with Crippen LogP contribution in [0.4, 0.5) is 10.5 Å². The Morgan fingerprint density at radius 1 is 1.35 bits per heavy atom. The van der Waals surface area contributed by atoms with Crippen molar-refractivity contribution in [1.29, 1.82) is 0 Å². The highest BCUT2D eigenvalue weighted by molar-refractivity contribution is 5.94. The Hall–Kier alpha value is -2.04. The molecular weight excluding hydrogens is 256 g/mol. The molecule has 0 aromatic heterocycles. The van der Waals surface area contributed by atoms with Crippen LogP contribution >= 0.6 is 0 Å². The van der Waals surface area contributed by atoms with Crippen molar-refractivity contribution >= 4 is 17.7 Å². The molecule has 1 aromatic rings. The monoisotopic (exact) mass is 278 g/mol. The smallest absolute Gasteiger partial charge is 0.336 e. The zero-order valence-corrected chi connectivity index (χ0v) is 12.4.